The molecule has 2 fully saturated rings. The smallest absolute Gasteiger partial charge is 0.312 e. The monoisotopic (exact) mass is 212 g/mol. The predicted molar refractivity (Wildman–Crippen MR) is 56.2 cm³/mol. The summed E-state index contributed by atoms with van der Waals surface area (Å²) in [6.07, 6.45) is 1.94. The molecule has 2 saturated carbocycles. The molecule has 3 nitrogen and oxygen atoms in total. The standard InChI is InChI=1S/C12H20O3/c1-10(2)11(3)5-6-12(10,7-8(11)13)9(14)15-4/h8,13H,5-7H2,1-4H3/t8-,11-,12+/m1/s1. The molecule has 0 heterocycles. The van der Waals surface area contributed by atoms with E-state index in [2.05, 4.69) is 20.8 Å². The molecule has 3 heteroatoms. The van der Waals surface area contributed by atoms with E-state index in [1.165, 1.54) is 7.11 Å². The number of esters is 1. The van der Waals surface area contributed by atoms with E-state index >= 15 is 0 Å². The van der Waals surface area contributed by atoms with Gasteiger partial charge in [-0.15, -0.1) is 0 Å². The Morgan fingerprint density at radius 3 is 2.27 bits per heavy atom. The van der Waals surface area contributed by atoms with Gasteiger partial charge in [-0.05, 0) is 30.1 Å². The Hall–Kier alpha value is -0.570. The van der Waals surface area contributed by atoms with Crippen molar-refractivity contribution in [3.63, 3.8) is 0 Å². The maximum absolute atomic E-state index is 12.0. The average Bonchev–Trinajstić information content (AvgIpc) is 2.47. The molecular formula is C12H20O3. The van der Waals surface area contributed by atoms with Gasteiger partial charge in [0, 0.05) is 0 Å². The summed E-state index contributed by atoms with van der Waals surface area (Å²) < 4.78 is 4.93. The minimum absolute atomic E-state index is 0.138. The Bertz CT molecular complexity index is 310. The number of fused-ring (bicyclic) bond motifs is 2. The summed E-state index contributed by atoms with van der Waals surface area (Å²) in [5.41, 5.74) is -0.774. The zero-order chi connectivity index (χ0) is 11.5. The highest BCUT2D eigenvalue weighted by Gasteiger charge is 2.72. The molecule has 2 aliphatic rings. The van der Waals surface area contributed by atoms with Crippen molar-refractivity contribution in [2.24, 2.45) is 16.2 Å². The summed E-state index contributed by atoms with van der Waals surface area (Å²) in [6, 6.07) is 0. The van der Waals surface area contributed by atoms with E-state index in [0.717, 1.165) is 12.8 Å². The number of rotatable bonds is 1. The van der Waals surface area contributed by atoms with Crippen molar-refractivity contribution in [3.8, 4) is 0 Å². The van der Waals surface area contributed by atoms with E-state index < -0.39 is 5.41 Å². The molecular weight excluding hydrogens is 192 g/mol. The molecule has 0 unspecified atom stereocenters. The third-order valence-electron chi connectivity index (χ3n) is 5.55. The van der Waals surface area contributed by atoms with Gasteiger partial charge in [-0.2, -0.15) is 0 Å². The van der Waals surface area contributed by atoms with Crippen LogP contribution in [-0.2, 0) is 9.53 Å². The van der Waals surface area contributed by atoms with Crippen LogP contribution in [0.25, 0.3) is 0 Å². The second-order valence-electron chi connectivity index (χ2n) is 5.84. The van der Waals surface area contributed by atoms with Crippen LogP contribution in [0, 0.1) is 16.2 Å². The summed E-state index contributed by atoms with van der Waals surface area (Å²) in [5, 5.41) is 10.1. The largest absolute Gasteiger partial charge is 0.469 e. The summed E-state index contributed by atoms with van der Waals surface area (Å²) in [7, 11) is 1.44. The number of hydrogen-bond donors (Lipinski definition) is 1. The van der Waals surface area contributed by atoms with Gasteiger partial charge in [-0.1, -0.05) is 20.8 Å². The van der Waals surface area contributed by atoms with Gasteiger partial charge in [0.2, 0.25) is 0 Å². The topological polar surface area (TPSA) is 46.5 Å². The minimum atomic E-state index is -0.462. The maximum atomic E-state index is 12.0. The lowest BCUT2D eigenvalue weighted by molar-refractivity contribution is -0.158. The van der Waals surface area contributed by atoms with Gasteiger partial charge in [0.15, 0.2) is 0 Å². The highest BCUT2D eigenvalue weighted by Crippen LogP contribution is 2.72. The van der Waals surface area contributed by atoms with E-state index in [-0.39, 0.29) is 22.9 Å². The minimum Gasteiger partial charge on any atom is -0.469 e. The molecule has 2 aliphatic carbocycles. The second-order valence-corrected chi connectivity index (χ2v) is 5.84. The van der Waals surface area contributed by atoms with Crippen LogP contribution in [0.3, 0.4) is 0 Å². The van der Waals surface area contributed by atoms with Gasteiger partial charge in [-0.3, -0.25) is 4.79 Å². The number of ether oxygens (including phenoxy) is 1. The maximum Gasteiger partial charge on any atom is 0.312 e. The summed E-state index contributed by atoms with van der Waals surface area (Å²) >= 11 is 0. The van der Waals surface area contributed by atoms with Crippen molar-refractivity contribution < 1.29 is 14.6 Å². The Labute approximate surface area is 90.8 Å². The van der Waals surface area contributed by atoms with Crippen LogP contribution in [0.1, 0.15) is 40.0 Å². The average molecular weight is 212 g/mol. The molecule has 0 aromatic heterocycles. The Kier molecular flexibility index (Phi) is 2.01. The summed E-state index contributed by atoms with van der Waals surface area (Å²) in [6.45, 7) is 6.27. The zero-order valence-electron chi connectivity index (χ0n) is 9.96. The fourth-order valence-electron chi connectivity index (χ4n) is 3.78. The first-order chi connectivity index (χ1) is 6.82. The molecule has 0 aromatic rings. The number of hydrogen-bond acceptors (Lipinski definition) is 3. The normalized spacial score (nSPS) is 46.9. The molecule has 2 rings (SSSR count). The van der Waals surface area contributed by atoms with Crippen LogP contribution in [0.4, 0.5) is 0 Å². The molecule has 0 aliphatic heterocycles. The molecule has 0 aromatic carbocycles. The van der Waals surface area contributed by atoms with Crippen LogP contribution >= 0.6 is 0 Å². The molecule has 15 heavy (non-hydrogen) atoms. The summed E-state index contributed by atoms with van der Waals surface area (Å²) in [4.78, 5) is 12.0. The predicted octanol–water partition coefficient (Wildman–Crippen LogP) is 1.74. The second kappa shape index (κ2) is 2.76. The molecule has 0 spiro atoms. The first kappa shape index (κ1) is 10.9. The van der Waals surface area contributed by atoms with Crippen LogP contribution in [0.2, 0.25) is 0 Å². The third kappa shape index (κ3) is 0.930. The highest BCUT2D eigenvalue weighted by atomic mass is 16.5. The van der Waals surface area contributed by atoms with Crippen molar-refractivity contribution in [1.29, 1.82) is 0 Å². The first-order valence-corrected chi connectivity index (χ1v) is 5.58. The number of methoxy groups -OCH3 is 1. The Balaban J connectivity index is 2.49. The lowest BCUT2D eigenvalue weighted by atomic mass is 9.65. The molecule has 0 radical (unpaired) electrons. The molecule has 2 bridgehead atoms. The highest BCUT2D eigenvalue weighted by molar-refractivity contribution is 5.79. The first-order valence-electron chi connectivity index (χ1n) is 5.58. The fourth-order valence-corrected chi connectivity index (χ4v) is 3.78. The number of carbonyl (C=O) groups excluding carboxylic acids is 1. The van der Waals surface area contributed by atoms with Gasteiger partial charge in [0.05, 0.1) is 18.6 Å². The van der Waals surface area contributed by atoms with Gasteiger partial charge >= 0.3 is 5.97 Å². The molecule has 3 atom stereocenters. The third-order valence-corrected chi connectivity index (χ3v) is 5.55. The van der Waals surface area contributed by atoms with E-state index in [0.29, 0.717) is 6.42 Å². The van der Waals surface area contributed by atoms with Gasteiger partial charge < -0.3 is 9.84 Å². The van der Waals surface area contributed by atoms with Gasteiger partial charge in [-0.25, -0.2) is 0 Å². The zero-order valence-corrected chi connectivity index (χ0v) is 9.96. The van der Waals surface area contributed by atoms with Crippen LogP contribution in [0.15, 0.2) is 0 Å². The number of aliphatic hydroxyl groups excluding tert-OH is 1. The molecule has 1 N–H and O–H groups in total. The fraction of sp³-hybridized carbons (Fsp3) is 0.917. The molecule has 0 amide bonds. The number of carbonyl (C=O) groups is 1. The quantitative estimate of drug-likeness (QED) is 0.673. The van der Waals surface area contributed by atoms with Crippen molar-refractivity contribution in [3.05, 3.63) is 0 Å². The number of aliphatic hydroxyl groups is 1. The van der Waals surface area contributed by atoms with E-state index in [1.807, 2.05) is 0 Å². The lowest BCUT2D eigenvalue weighted by Gasteiger charge is -2.39. The van der Waals surface area contributed by atoms with Crippen molar-refractivity contribution in [2.75, 3.05) is 7.11 Å². The van der Waals surface area contributed by atoms with Crippen molar-refractivity contribution >= 4 is 5.97 Å². The van der Waals surface area contributed by atoms with Gasteiger partial charge in [0.1, 0.15) is 0 Å². The SMILES string of the molecule is COC(=O)[C@]12CC[C@](C)([C@H](O)C1)C2(C)C. The molecule has 86 valence electrons. The lowest BCUT2D eigenvalue weighted by Crippen LogP contribution is -2.41. The summed E-state index contributed by atoms with van der Waals surface area (Å²) in [5.74, 6) is -0.146. The van der Waals surface area contributed by atoms with Crippen molar-refractivity contribution in [1.82, 2.24) is 0 Å². The Morgan fingerprint density at radius 2 is 1.93 bits per heavy atom. The van der Waals surface area contributed by atoms with Crippen molar-refractivity contribution in [2.45, 2.75) is 46.1 Å². The van der Waals surface area contributed by atoms with Crippen LogP contribution in [-0.4, -0.2) is 24.3 Å². The Morgan fingerprint density at radius 1 is 1.33 bits per heavy atom. The molecule has 0 saturated heterocycles. The van der Waals surface area contributed by atoms with E-state index in [9.17, 15) is 9.90 Å². The van der Waals surface area contributed by atoms with Crippen LogP contribution in [0.5, 0.6) is 0 Å². The van der Waals surface area contributed by atoms with E-state index in [1.54, 1.807) is 0 Å². The van der Waals surface area contributed by atoms with Gasteiger partial charge in [0.25, 0.3) is 0 Å². The van der Waals surface area contributed by atoms with Crippen LogP contribution < -0.4 is 0 Å². The van der Waals surface area contributed by atoms with E-state index in [4.69, 9.17) is 4.74 Å².